The zero-order chi connectivity index (χ0) is 14.5. The number of halogens is 2. The molecule has 2 N–H and O–H groups in total. The molecule has 2 rings (SSSR count). The first-order valence-electron chi connectivity index (χ1n) is 5.91. The van der Waals surface area contributed by atoms with Crippen LogP contribution in [-0.4, -0.2) is 33.8 Å². The van der Waals surface area contributed by atoms with Gasteiger partial charge in [-0.1, -0.05) is 16.8 Å². The van der Waals surface area contributed by atoms with Gasteiger partial charge in [0.1, 0.15) is 5.69 Å². The number of nitrogens with one attached hydrogen (secondary N) is 1. The molecule has 0 unspecified atom stereocenters. The number of benzene rings is 1. The van der Waals surface area contributed by atoms with E-state index in [1.54, 1.807) is 30.1 Å². The molecule has 0 spiro atoms. The molecule has 1 aromatic carbocycles. The molecule has 0 atom stereocenters. The van der Waals surface area contributed by atoms with Crippen molar-refractivity contribution in [3.63, 3.8) is 0 Å². The Kier molecular flexibility index (Phi) is 5.22. The van der Waals surface area contributed by atoms with Gasteiger partial charge >= 0.3 is 0 Å². The number of ether oxygens (including phenoxy) is 1. The largest absolute Gasteiger partial charge is 0.493 e. The molecule has 2 aromatic rings. The molecule has 108 valence electrons. The molecule has 0 fully saturated rings. The third-order valence-corrected chi connectivity index (χ3v) is 3.39. The van der Waals surface area contributed by atoms with Crippen molar-refractivity contribution in [2.75, 3.05) is 19.0 Å². The molecule has 0 aliphatic rings. The fraction of sp³-hybridized carbons (Fsp3) is 0.333. The normalized spacial score (nSPS) is 10.6. The molecule has 0 aliphatic carbocycles. The second kappa shape index (κ2) is 6.92. The molecule has 0 radical (unpaired) electrons. The third kappa shape index (κ3) is 3.62. The molecule has 6 nitrogen and oxygen atoms in total. The lowest BCUT2D eigenvalue weighted by Crippen LogP contribution is -2.03. The second-order valence-electron chi connectivity index (χ2n) is 4.02. The van der Waals surface area contributed by atoms with E-state index in [1.165, 1.54) is 0 Å². The minimum atomic E-state index is 0.0330. The Balaban J connectivity index is 2.09. The van der Waals surface area contributed by atoms with Gasteiger partial charge in [0.2, 0.25) is 0 Å². The predicted octanol–water partition coefficient (Wildman–Crippen LogP) is 2.31. The number of hydrogen-bond donors (Lipinski definition) is 2. The van der Waals surface area contributed by atoms with Gasteiger partial charge in [-0.3, -0.25) is 0 Å². The van der Waals surface area contributed by atoms with Crippen molar-refractivity contribution in [1.29, 1.82) is 0 Å². The molecular formula is C12H14BrClN4O2. The number of anilines is 1. The summed E-state index contributed by atoms with van der Waals surface area (Å²) >= 11 is 9.42. The summed E-state index contributed by atoms with van der Waals surface area (Å²) in [7, 11) is 1.59. The van der Waals surface area contributed by atoms with E-state index in [1.807, 2.05) is 0 Å². The van der Waals surface area contributed by atoms with Crippen molar-refractivity contribution < 1.29 is 9.84 Å². The first kappa shape index (κ1) is 15.1. The molecule has 8 heteroatoms. The van der Waals surface area contributed by atoms with Crippen LogP contribution in [0.5, 0.6) is 5.75 Å². The first-order valence-corrected chi connectivity index (χ1v) is 7.08. The lowest BCUT2D eigenvalue weighted by atomic mass is 10.3. The van der Waals surface area contributed by atoms with Crippen LogP contribution >= 0.6 is 27.5 Å². The summed E-state index contributed by atoms with van der Waals surface area (Å²) in [6, 6.07) is 3.55. The molecular weight excluding hydrogens is 348 g/mol. The topological polar surface area (TPSA) is 72.2 Å². The highest BCUT2D eigenvalue weighted by Gasteiger charge is 2.10. The molecule has 0 aliphatic heterocycles. The van der Waals surface area contributed by atoms with Gasteiger partial charge in [-0.25, -0.2) is 4.68 Å². The number of aliphatic hydroxyl groups is 1. The van der Waals surface area contributed by atoms with Gasteiger partial charge in [-0.2, -0.15) is 0 Å². The zero-order valence-electron chi connectivity index (χ0n) is 10.8. The minimum Gasteiger partial charge on any atom is -0.493 e. The molecule has 0 bridgehead atoms. The Morgan fingerprint density at radius 1 is 1.50 bits per heavy atom. The summed E-state index contributed by atoms with van der Waals surface area (Å²) in [5.74, 6) is 0.678. The van der Waals surface area contributed by atoms with Crippen LogP contribution in [0.4, 0.5) is 5.69 Å². The summed E-state index contributed by atoms with van der Waals surface area (Å²) in [5.41, 5.74) is 1.53. The van der Waals surface area contributed by atoms with Crippen molar-refractivity contribution in [1.82, 2.24) is 15.0 Å². The fourth-order valence-electron chi connectivity index (χ4n) is 1.72. The number of rotatable bonds is 6. The lowest BCUT2D eigenvalue weighted by molar-refractivity contribution is 0.268. The average molecular weight is 362 g/mol. The van der Waals surface area contributed by atoms with Gasteiger partial charge in [-0.15, -0.1) is 5.10 Å². The number of nitrogens with zero attached hydrogens (tertiary/aromatic N) is 3. The van der Waals surface area contributed by atoms with E-state index in [0.717, 1.165) is 15.9 Å². The highest BCUT2D eigenvalue weighted by atomic mass is 79.9. The molecule has 1 aromatic heterocycles. The smallest absolute Gasteiger partial charge is 0.156 e. The molecule has 0 amide bonds. The van der Waals surface area contributed by atoms with Crippen molar-refractivity contribution >= 4 is 33.2 Å². The molecule has 0 saturated heterocycles. The monoisotopic (exact) mass is 360 g/mol. The van der Waals surface area contributed by atoms with Gasteiger partial charge in [0.05, 0.1) is 43.2 Å². The van der Waals surface area contributed by atoms with E-state index >= 15 is 0 Å². The molecule has 0 saturated carbocycles. The van der Waals surface area contributed by atoms with E-state index in [-0.39, 0.29) is 6.61 Å². The van der Waals surface area contributed by atoms with Crippen LogP contribution < -0.4 is 10.1 Å². The summed E-state index contributed by atoms with van der Waals surface area (Å²) in [5, 5.41) is 20.5. The standard InChI is InChI=1S/C12H14BrClN4O2/c1-20-12-10(13)4-8(14)5-11(12)15-6-9-7-18(2-3-19)17-16-9/h4-5,7,15,19H,2-3,6H2,1H3. The van der Waals surface area contributed by atoms with E-state index in [4.69, 9.17) is 21.4 Å². The SMILES string of the molecule is COc1c(Br)cc(Cl)cc1NCc1cn(CCO)nn1. The van der Waals surface area contributed by atoms with E-state index in [0.29, 0.717) is 23.9 Å². The summed E-state index contributed by atoms with van der Waals surface area (Å²) < 4.78 is 7.68. The summed E-state index contributed by atoms with van der Waals surface area (Å²) in [4.78, 5) is 0. The Morgan fingerprint density at radius 3 is 3.00 bits per heavy atom. The van der Waals surface area contributed by atoms with Crippen molar-refractivity contribution in [3.8, 4) is 5.75 Å². The van der Waals surface area contributed by atoms with Gasteiger partial charge in [0.15, 0.2) is 5.75 Å². The minimum absolute atomic E-state index is 0.0330. The highest BCUT2D eigenvalue weighted by molar-refractivity contribution is 9.10. The molecule has 1 heterocycles. The van der Waals surface area contributed by atoms with Crippen molar-refractivity contribution in [3.05, 3.63) is 33.5 Å². The average Bonchev–Trinajstić information content (AvgIpc) is 2.84. The van der Waals surface area contributed by atoms with Crippen molar-refractivity contribution in [2.24, 2.45) is 0 Å². The quantitative estimate of drug-likeness (QED) is 0.826. The fourth-order valence-corrected chi connectivity index (χ4v) is 2.69. The Bertz CT molecular complexity index is 591. The van der Waals surface area contributed by atoms with Crippen LogP contribution in [0.25, 0.3) is 0 Å². The van der Waals surface area contributed by atoms with Crippen LogP contribution in [0.2, 0.25) is 5.02 Å². The van der Waals surface area contributed by atoms with E-state index < -0.39 is 0 Å². The number of hydrogen-bond acceptors (Lipinski definition) is 5. The maximum atomic E-state index is 8.83. The maximum absolute atomic E-state index is 8.83. The second-order valence-corrected chi connectivity index (χ2v) is 5.31. The maximum Gasteiger partial charge on any atom is 0.156 e. The van der Waals surface area contributed by atoms with Gasteiger partial charge in [-0.05, 0) is 28.1 Å². The molecule has 20 heavy (non-hydrogen) atoms. The Hall–Kier alpha value is -1.31. The van der Waals surface area contributed by atoms with Crippen LogP contribution in [0.15, 0.2) is 22.8 Å². The number of methoxy groups -OCH3 is 1. The third-order valence-electron chi connectivity index (χ3n) is 2.59. The highest BCUT2D eigenvalue weighted by Crippen LogP contribution is 2.36. The Labute approximate surface area is 129 Å². The van der Waals surface area contributed by atoms with E-state index in [9.17, 15) is 0 Å². The van der Waals surface area contributed by atoms with Crippen LogP contribution in [0, 0.1) is 0 Å². The van der Waals surface area contributed by atoms with Gasteiger partial charge in [0.25, 0.3) is 0 Å². The zero-order valence-corrected chi connectivity index (χ0v) is 13.1. The number of aromatic nitrogens is 3. The van der Waals surface area contributed by atoms with Crippen LogP contribution in [0.1, 0.15) is 5.69 Å². The van der Waals surface area contributed by atoms with Gasteiger partial charge in [0, 0.05) is 5.02 Å². The first-order chi connectivity index (χ1) is 9.63. The van der Waals surface area contributed by atoms with Crippen LogP contribution in [-0.2, 0) is 13.1 Å². The van der Waals surface area contributed by atoms with Crippen molar-refractivity contribution in [2.45, 2.75) is 13.1 Å². The Morgan fingerprint density at radius 2 is 2.30 bits per heavy atom. The van der Waals surface area contributed by atoms with Crippen LogP contribution in [0.3, 0.4) is 0 Å². The summed E-state index contributed by atoms with van der Waals surface area (Å²) in [6.45, 7) is 0.943. The van der Waals surface area contributed by atoms with Gasteiger partial charge < -0.3 is 15.2 Å². The predicted molar refractivity (Wildman–Crippen MR) is 80.1 cm³/mol. The number of aliphatic hydroxyl groups excluding tert-OH is 1. The van der Waals surface area contributed by atoms with E-state index in [2.05, 4.69) is 31.6 Å². The lowest BCUT2D eigenvalue weighted by Gasteiger charge is -2.12. The summed E-state index contributed by atoms with van der Waals surface area (Å²) in [6.07, 6.45) is 1.77.